The Morgan fingerprint density at radius 3 is 2.58 bits per heavy atom. The zero-order valence-corrected chi connectivity index (χ0v) is 22.8. The summed E-state index contributed by atoms with van der Waals surface area (Å²) in [6, 6.07) is 6.36. The molecule has 3 heterocycles. The number of nitrogens with one attached hydrogen (secondary N) is 3. The molecule has 4 unspecified atom stereocenters. The summed E-state index contributed by atoms with van der Waals surface area (Å²) in [5.74, 6) is 0.502. The highest BCUT2D eigenvalue weighted by Gasteiger charge is 2.45. The molecule has 9 heteroatoms. The molecule has 4 aliphatic rings. The highest BCUT2D eigenvalue weighted by atomic mass is 16.5. The molecule has 3 N–H and O–H groups in total. The Balaban J connectivity index is 1.38. The molecule has 5 atom stereocenters. The molecule has 1 aliphatic carbocycles. The maximum Gasteiger partial charge on any atom is 0.246 e. The van der Waals surface area contributed by atoms with Gasteiger partial charge in [0.15, 0.2) is 0 Å². The van der Waals surface area contributed by atoms with Crippen LogP contribution in [0.1, 0.15) is 69.9 Å². The molecule has 9 nitrogen and oxygen atoms in total. The molecule has 2 saturated heterocycles. The molecule has 5 rings (SSSR count). The number of rotatable bonds is 7. The summed E-state index contributed by atoms with van der Waals surface area (Å²) in [4.78, 5) is 45.3. The number of fused-ring (bicyclic) bond motifs is 2. The normalized spacial score (nSPS) is 27.4. The number of para-hydroxylation sites is 1. The molecule has 0 spiro atoms. The number of carbonyl (C=O) groups is 3. The second kappa shape index (κ2) is 12.0. The molecule has 3 amide bonds. The molecule has 3 fully saturated rings. The Bertz CT molecular complexity index is 1010. The first-order valence-corrected chi connectivity index (χ1v) is 14.5. The fraction of sp³-hybridized carbons (Fsp3) is 0.690. The van der Waals surface area contributed by atoms with Gasteiger partial charge < -0.3 is 25.6 Å². The second-order valence-electron chi connectivity index (χ2n) is 11.4. The minimum absolute atomic E-state index is 0.0944. The van der Waals surface area contributed by atoms with Crippen LogP contribution in [0.5, 0.6) is 5.75 Å². The first-order chi connectivity index (χ1) is 18.5. The van der Waals surface area contributed by atoms with Crippen LogP contribution in [0.4, 0.5) is 0 Å². The Labute approximate surface area is 226 Å². The third kappa shape index (κ3) is 5.69. The first-order valence-electron chi connectivity index (χ1n) is 14.5. The van der Waals surface area contributed by atoms with Crippen LogP contribution in [0.3, 0.4) is 0 Å². The molecule has 1 aromatic carbocycles. The van der Waals surface area contributed by atoms with Crippen LogP contribution >= 0.6 is 0 Å². The summed E-state index contributed by atoms with van der Waals surface area (Å²) >= 11 is 0. The van der Waals surface area contributed by atoms with Crippen molar-refractivity contribution in [2.45, 2.75) is 88.5 Å². The van der Waals surface area contributed by atoms with Gasteiger partial charge in [0.2, 0.25) is 17.7 Å². The number of hydrogen-bond acceptors (Lipinski definition) is 6. The van der Waals surface area contributed by atoms with Gasteiger partial charge in [-0.1, -0.05) is 37.5 Å². The Hall–Kier alpha value is -2.65. The van der Waals surface area contributed by atoms with Crippen molar-refractivity contribution in [3.8, 4) is 5.75 Å². The fourth-order valence-corrected chi connectivity index (χ4v) is 6.68. The van der Waals surface area contributed by atoms with E-state index in [1.165, 1.54) is 0 Å². The van der Waals surface area contributed by atoms with E-state index in [0.29, 0.717) is 26.1 Å². The van der Waals surface area contributed by atoms with Gasteiger partial charge in [0.25, 0.3) is 0 Å². The topological polar surface area (TPSA) is 103 Å². The Morgan fingerprint density at radius 1 is 1.00 bits per heavy atom. The van der Waals surface area contributed by atoms with E-state index in [-0.39, 0.29) is 35.7 Å². The van der Waals surface area contributed by atoms with Gasteiger partial charge in [-0.2, -0.15) is 0 Å². The van der Waals surface area contributed by atoms with Crippen LogP contribution in [-0.4, -0.2) is 85.0 Å². The van der Waals surface area contributed by atoms with Crippen molar-refractivity contribution in [3.05, 3.63) is 29.8 Å². The molecule has 0 radical (unpaired) electrons. The van der Waals surface area contributed by atoms with E-state index in [0.717, 1.165) is 62.8 Å². The number of nitrogens with zero attached hydrogens (tertiary/aromatic N) is 2. The van der Waals surface area contributed by atoms with Gasteiger partial charge in [0, 0.05) is 31.1 Å². The molecule has 3 aliphatic heterocycles. The number of hydrogen-bond donors (Lipinski definition) is 3. The van der Waals surface area contributed by atoms with Crippen LogP contribution < -0.4 is 20.7 Å². The van der Waals surface area contributed by atoms with Crippen molar-refractivity contribution in [1.82, 2.24) is 25.8 Å². The molecule has 38 heavy (non-hydrogen) atoms. The molecule has 0 bridgehead atoms. The molecular formula is C29H43N5O4. The van der Waals surface area contributed by atoms with Gasteiger partial charge in [0.05, 0.1) is 18.7 Å². The standard InChI is InChI=1S/C29H43N5O4/c1-19(30-2)27(35)32-26(20-9-4-3-5-10-20)29(37)34-17-21-11-8-15-33(21)18-24(34)28(36)31-23-14-16-38-25-13-7-6-12-22(23)25/h6-7,12-13,19-21,23-24,26,30H,3-5,8-11,14-18H2,1-2H3,(H,31,36)(H,32,35)/t19?,21-,23?,24?,26?/m1/s1. The van der Waals surface area contributed by atoms with Gasteiger partial charge in [-0.15, -0.1) is 0 Å². The highest BCUT2D eigenvalue weighted by Crippen LogP contribution is 2.33. The van der Waals surface area contributed by atoms with Crippen LogP contribution in [-0.2, 0) is 14.4 Å². The number of piperazine rings is 1. The average molecular weight is 526 g/mol. The predicted octanol–water partition coefficient (Wildman–Crippen LogP) is 1.97. The maximum absolute atomic E-state index is 14.3. The zero-order valence-electron chi connectivity index (χ0n) is 22.8. The minimum Gasteiger partial charge on any atom is -0.493 e. The summed E-state index contributed by atoms with van der Waals surface area (Å²) in [5, 5.41) is 9.34. The number of likely N-dealkylation sites (N-methyl/N-ethyl adjacent to an activating group) is 1. The van der Waals surface area contributed by atoms with Crippen molar-refractivity contribution in [3.63, 3.8) is 0 Å². The van der Waals surface area contributed by atoms with Gasteiger partial charge in [-0.25, -0.2) is 0 Å². The maximum atomic E-state index is 14.3. The third-order valence-electron chi connectivity index (χ3n) is 9.06. The van der Waals surface area contributed by atoms with Gasteiger partial charge in [-0.3, -0.25) is 19.3 Å². The van der Waals surface area contributed by atoms with Crippen LogP contribution in [0, 0.1) is 5.92 Å². The lowest BCUT2D eigenvalue weighted by molar-refractivity contribution is -0.149. The van der Waals surface area contributed by atoms with Crippen molar-refractivity contribution in [2.24, 2.45) is 5.92 Å². The molecule has 1 aromatic rings. The lowest BCUT2D eigenvalue weighted by Crippen LogP contribution is -2.66. The van der Waals surface area contributed by atoms with E-state index < -0.39 is 18.1 Å². The van der Waals surface area contributed by atoms with E-state index in [1.807, 2.05) is 24.3 Å². The Kier molecular flexibility index (Phi) is 8.53. The molecule has 1 saturated carbocycles. The van der Waals surface area contributed by atoms with Crippen molar-refractivity contribution in [1.29, 1.82) is 0 Å². The van der Waals surface area contributed by atoms with Crippen LogP contribution in [0.25, 0.3) is 0 Å². The summed E-state index contributed by atoms with van der Waals surface area (Å²) in [6.45, 7) is 4.37. The second-order valence-corrected chi connectivity index (χ2v) is 11.4. The smallest absolute Gasteiger partial charge is 0.246 e. The summed E-state index contributed by atoms with van der Waals surface area (Å²) in [6.07, 6.45) is 7.94. The summed E-state index contributed by atoms with van der Waals surface area (Å²) in [7, 11) is 1.75. The van der Waals surface area contributed by atoms with E-state index in [9.17, 15) is 14.4 Å². The number of carbonyl (C=O) groups excluding carboxylic acids is 3. The lowest BCUT2D eigenvalue weighted by atomic mass is 9.82. The van der Waals surface area contributed by atoms with Gasteiger partial charge >= 0.3 is 0 Å². The first kappa shape index (κ1) is 26.9. The monoisotopic (exact) mass is 525 g/mol. The highest BCUT2D eigenvalue weighted by molar-refractivity contribution is 5.93. The van der Waals surface area contributed by atoms with E-state index in [1.54, 1.807) is 18.9 Å². The van der Waals surface area contributed by atoms with Crippen LogP contribution in [0.15, 0.2) is 24.3 Å². The fourth-order valence-electron chi connectivity index (χ4n) is 6.68. The predicted molar refractivity (Wildman–Crippen MR) is 145 cm³/mol. The quantitative estimate of drug-likeness (QED) is 0.503. The van der Waals surface area contributed by atoms with E-state index in [4.69, 9.17) is 4.74 Å². The zero-order chi connectivity index (χ0) is 26.6. The van der Waals surface area contributed by atoms with Crippen molar-refractivity contribution >= 4 is 17.7 Å². The van der Waals surface area contributed by atoms with Crippen molar-refractivity contribution in [2.75, 3.05) is 33.3 Å². The third-order valence-corrected chi connectivity index (χ3v) is 9.06. The molecule has 208 valence electrons. The van der Waals surface area contributed by atoms with Crippen LogP contribution in [0.2, 0.25) is 0 Å². The van der Waals surface area contributed by atoms with Crippen molar-refractivity contribution < 1.29 is 19.1 Å². The molecule has 0 aromatic heterocycles. The van der Waals surface area contributed by atoms with E-state index in [2.05, 4.69) is 20.9 Å². The Morgan fingerprint density at radius 2 is 1.79 bits per heavy atom. The van der Waals surface area contributed by atoms with Gasteiger partial charge in [-0.05, 0) is 58.2 Å². The number of benzene rings is 1. The van der Waals surface area contributed by atoms with E-state index >= 15 is 0 Å². The largest absolute Gasteiger partial charge is 0.493 e. The summed E-state index contributed by atoms with van der Waals surface area (Å²) < 4.78 is 5.79. The SMILES string of the molecule is CNC(C)C(=O)NC(C(=O)N1C[C@H]2CCCN2CC1C(=O)NC1CCOc2ccccc21)C1CCCCC1. The number of amides is 3. The summed E-state index contributed by atoms with van der Waals surface area (Å²) in [5.41, 5.74) is 0.980. The lowest BCUT2D eigenvalue weighted by Gasteiger charge is -2.45. The average Bonchev–Trinajstić information content (AvgIpc) is 3.42. The molecular weight excluding hydrogens is 482 g/mol. The van der Waals surface area contributed by atoms with Gasteiger partial charge in [0.1, 0.15) is 17.8 Å². The minimum atomic E-state index is -0.606. The number of ether oxygens (including phenoxy) is 1.